The average molecular weight is 353 g/mol. The number of nitrogens with one attached hydrogen (secondary N) is 1. The summed E-state index contributed by atoms with van der Waals surface area (Å²) >= 11 is 3.25. The molecule has 1 aliphatic rings. The second-order valence-corrected chi connectivity index (χ2v) is 7.10. The van der Waals surface area contributed by atoms with Crippen LogP contribution in [0.1, 0.15) is 6.42 Å². The lowest BCUT2D eigenvalue weighted by atomic mass is 10.5. The van der Waals surface area contributed by atoms with Crippen molar-refractivity contribution in [3.05, 3.63) is 11.1 Å². The van der Waals surface area contributed by atoms with Crippen molar-refractivity contribution in [1.29, 1.82) is 0 Å². The van der Waals surface area contributed by atoms with E-state index in [1.54, 1.807) is 30.6 Å². The Morgan fingerprint density at radius 3 is 2.90 bits per heavy atom. The van der Waals surface area contributed by atoms with E-state index in [4.69, 9.17) is 16.6 Å². The normalized spacial score (nSPS) is 17.0. The van der Waals surface area contributed by atoms with Crippen molar-refractivity contribution in [3.8, 4) is 0 Å². The third kappa shape index (κ3) is 7.45. The van der Waals surface area contributed by atoms with E-state index in [1.807, 2.05) is 10.4 Å². The maximum atomic E-state index is 10.7. The molecule has 0 radical (unpaired) electrons. The zero-order valence-electron chi connectivity index (χ0n) is 11.5. The summed E-state index contributed by atoms with van der Waals surface area (Å²) in [5.41, 5.74) is 15.1. The van der Waals surface area contributed by atoms with Gasteiger partial charge < -0.3 is 11.5 Å². The molecular formula is C9H19N7O2S3. The molecule has 0 saturated heterocycles. The lowest BCUT2D eigenvalue weighted by Crippen LogP contribution is -2.44. The Bertz CT molecular complexity index is 544. The van der Waals surface area contributed by atoms with Gasteiger partial charge in [-0.3, -0.25) is 15.4 Å². The zero-order valence-corrected chi connectivity index (χ0v) is 14.0. The topological polar surface area (TPSA) is 152 Å². The first kappa shape index (κ1) is 17.9. The van der Waals surface area contributed by atoms with Crippen LogP contribution in [0.4, 0.5) is 0 Å². The van der Waals surface area contributed by atoms with Crippen LogP contribution in [0, 0.1) is 0 Å². The average Bonchev–Trinajstić information content (AvgIpc) is 2.79. The standard InChI is InChI=1S/C9H19N7O2S3/c1-13-9(11)14-16-6-20-5-7(16)4-19-3-2-8(10)15-21(12,17)18/h5H,2-4,6H2,1H3,(H2,10,15)(H3,11,13,14)(H2,12,17,18). The van der Waals surface area contributed by atoms with E-state index < -0.39 is 10.2 Å². The minimum Gasteiger partial charge on any atom is -0.386 e. The van der Waals surface area contributed by atoms with Crippen molar-refractivity contribution in [1.82, 2.24) is 10.4 Å². The first-order valence-corrected chi connectivity index (χ1v) is 9.54. The van der Waals surface area contributed by atoms with E-state index in [9.17, 15) is 8.42 Å². The Morgan fingerprint density at radius 1 is 1.57 bits per heavy atom. The van der Waals surface area contributed by atoms with Crippen LogP contribution in [0.15, 0.2) is 20.5 Å². The molecule has 120 valence electrons. The summed E-state index contributed by atoms with van der Waals surface area (Å²) in [6.45, 7) is 0. The van der Waals surface area contributed by atoms with Crippen molar-refractivity contribution < 1.29 is 8.42 Å². The molecule has 1 rings (SSSR count). The predicted molar refractivity (Wildman–Crippen MR) is 89.7 cm³/mol. The Hall–Kier alpha value is -1.11. The Morgan fingerprint density at radius 2 is 2.29 bits per heavy atom. The summed E-state index contributed by atoms with van der Waals surface area (Å²) in [4.78, 5) is 3.84. The number of amidine groups is 1. The third-order valence-corrected chi connectivity index (χ3v) is 4.58. The molecular weight excluding hydrogens is 334 g/mol. The highest BCUT2D eigenvalue weighted by Crippen LogP contribution is 2.24. The first-order valence-electron chi connectivity index (χ1n) is 5.83. The molecule has 0 spiro atoms. The van der Waals surface area contributed by atoms with Crippen molar-refractivity contribution in [2.24, 2.45) is 26.0 Å². The molecule has 7 N–H and O–H groups in total. The number of thioether (sulfide) groups is 2. The fourth-order valence-electron chi connectivity index (χ4n) is 1.32. The van der Waals surface area contributed by atoms with Crippen LogP contribution in [-0.2, 0) is 10.2 Å². The molecule has 9 nitrogen and oxygen atoms in total. The number of hydrogen-bond acceptors (Lipinski definition) is 6. The van der Waals surface area contributed by atoms with Crippen molar-refractivity contribution >= 4 is 45.5 Å². The number of nitrogens with two attached hydrogens (primary N) is 3. The van der Waals surface area contributed by atoms with Crippen LogP contribution in [0.5, 0.6) is 0 Å². The van der Waals surface area contributed by atoms with Crippen molar-refractivity contribution in [2.45, 2.75) is 6.42 Å². The Balaban J connectivity index is 2.34. The highest BCUT2D eigenvalue weighted by Gasteiger charge is 2.16. The monoisotopic (exact) mass is 353 g/mol. The molecule has 0 fully saturated rings. The predicted octanol–water partition coefficient (Wildman–Crippen LogP) is -1.03. The van der Waals surface area contributed by atoms with Crippen LogP contribution in [-0.4, -0.2) is 49.7 Å². The van der Waals surface area contributed by atoms with Gasteiger partial charge in [0, 0.05) is 25.0 Å². The molecule has 0 aromatic carbocycles. The van der Waals surface area contributed by atoms with Gasteiger partial charge in [0.05, 0.1) is 11.6 Å². The number of hydrogen-bond donors (Lipinski definition) is 4. The molecule has 0 atom stereocenters. The highest BCUT2D eigenvalue weighted by molar-refractivity contribution is 8.02. The minimum absolute atomic E-state index is 0.0112. The molecule has 0 aromatic rings. The number of nitrogens with zero attached hydrogens (tertiary/aromatic N) is 3. The lowest BCUT2D eigenvalue weighted by Gasteiger charge is -2.22. The maximum absolute atomic E-state index is 10.7. The maximum Gasteiger partial charge on any atom is 0.318 e. The largest absolute Gasteiger partial charge is 0.386 e. The molecule has 0 saturated carbocycles. The van der Waals surface area contributed by atoms with Crippen LogP contribution in [0.25, 0.3) is 0 Å². The van der Waals surface area contributed by atoms with E-state index in [-0.39, 0.29) is 5.84 Å². The Labute approximate surface area is 132 Å². The van der Waals surface area contributed by atoms with Gasteiger partial charge in [-0.1, -0.05) is 0 Å². The van der Waals surface area contributed by atoms with Crippen molar-refractivity contribution in [3.63, 3.8) is 0 Å². The molecule has 0 bridgehead atoms. The summed E-state index contributed by atoms with van der Waals surface area (Å²) in [7, 11) is -2.30. The summed E-state index contributed by atoms with van der Waals surface area (Å²) in [6, 6.07) is 0. The lowest BCUT2D eigenvalue weighted by molar-refractivity contribution is 0.365. The molecule has 21 heavy (non-hydrogen) atoms. The number of aliphatic imine (C=N–C) groups is 1. The first-order chi connectivity index (χ1) is 9.81. The molecule has 1 aliphatic heterocycles. The van der Waals surface area contributed by atoms with Crippen LogP contribution in [0.2, 0.25) is 0 Å². The third-order valence-electron chi connectivity index (χ3n) is 2.26. The fourth-order valence-corrected chi connectivity index (χ4v) is 3.65. The molecule has 0 aliphatic carbocycles. The molecule has 0 unspecified atom stereocenters. The van der Waals surface area contributed by atoms with Gasteiger partial charge >= 0.3 is 10.2 Å². The minimum atomic E-state index is -3.91. The summed E-state index contributed by atoms with van der Waals surface area (Å²) in [5, 5.41) is 8.70. The van der Waals surface area contributed by atoms with Gasteiger partial charge in [0.25, 0.3) is 0 Å². The second kappa shape index (κ2) is 8.36. The molecule has 0 aromatic heterocycles. The highest BCUT2D eigenvalue weighted by atomic mass is 32.2. The van der Waals surface area contributed by atoms with Gasteiger partial charge in [-0.15, -0.1) is 16.2 Å². The zero-order chi connectivity index (χ0) is 15.9. The van der Waals surface area contributed by atoms with Gasteiger partial charge in [-0.2, -0.15) is 20.2 Å². The van der Waals surface area contributed by atoms with Gasteiger partial charge in [-0.05, 0) is 5.41 Å². The van der Waals surface area contributed by atoms with Gasteiger partial charge in [0.2, 0.25) is 5.96 Å². The van der Waals surface area contributed by atoms with E-state index in [2.05, 4.69) is 14.8 Å². The van der Waals surface area contributed by atoms with Gasteiger partial charge in [0.1, 0.15) is 5.84 Å². The molecule has 0 amide bonds. The number of hydrazine groups is 1. The quantitative estimate of drug-likeness (QED) is 0.257. The fraction of sp³-hybridized carbons (Fsp3) is 0.556. The second-order valence-electron chi connectivity index (χ2n) is 3.95. The van der Waals surface area contributed by atoms with E-state index >= 15 is 0 Å². The molecule has 12 heteroatoms. The number of rotatable bonds is 7. The van der Waals surface area contributed by atoms with Crippen LogP contribution >= 0.6 is 23.5 Å². The summed E-state index contributed by atoms with van der Waals surface area (Å²) < 4.78 is 24.6. The Kier molecular flexibility index (Phi) is 7.14. The van der Waals surface area contributed by atoms with Gasteiger partial charge in [0.15, 0.2) is 0 Å². The summed E-state index contributed by atoms with van der Waals surface area (Å²) in [5.74, 6) is 2.48. The van der Waals surface area contributed by atoms with Crippen LogP contribution in [0.3, 0.4) is 0 Å². The molecule has 1 heterocycles. The summed E-state index contributed by atoms with van der Waals surface area (Å²) in [6.07, 6.45) is 0.355. The van der Waals surface area contributed by atoms with E-state index in [1.165, 1.54) is 0 Å². The van der Waals surface area contributed by atoms with Gasteiger partial charge in [-0.25, -0.2) is 5.14 Å². The van der Waals surface area contributed by atoms with E-state index in [0.29, 0.717) is 18.1 Å². The van der Waals surface area contributed by atoms with E-state index in [0.717, 1.165) is 17.3 Å². The van der Waals surface area contributed by atoms with Crippen molar-refractivity contribution in [2.75, 3.05) is 24.4 Å². The van der Waals surface area contributed by atoms with Crippen LogP contribution < -0.4 is 22.0 Å². The smallest absolute Gasteiger partial charge is 0.318 e. The number of guanidine groups is 1. The SMILES string of the molecule is CN=C(N)NN1CSC=C1CSCCC(N)=NS(N)(=O)=O.